The maximum atomic E-state index is 5.51. The van der Waals surface area contributed by atoms with Gasteiger partial charge in [-0.2, -0.15) is 0 Å². The predicted molar refractivity (Wildman–Crippen MR) is 71.1 cm³/mol. The molecule has 0 saturated heterocycles. The Bertz CT molecular complexity index is 276. The molecule has 17 heavy (non-hydrogen) atoms. The third-order valence-corrected chi connectivity index (χ3v) is 2.80. The summed E-state index contributed by atoms with van der Waals surface area (Å²) < 4.78 is 2.30. The zero-order chi connectivity index (χ0) is 11.1. The first-order chi connectivity index (χ1) is 7.29. The van der Waals surface area contributed by atoms with Gasteiger partial charge < -0.3 is 21.3 Å². The molecule has 0 aliphatic heterocycles. The smallest absolute Gasteiger partial charge is 0.108 e. The first-order valence-corrected chi connectivity index (χ1v) is 6.01. The van der Waals surface area contributed by atoms with Crippen molar-refractivity contribution in [3.63, 3.8) is 0 Å². The summed E-state index contributed by atoms with van der Waals surface area (Å²) in [5, 5.41) is 0. The van der Waals surface area contributed by atoms with Crippen molar-refractivity contribution in [2.75, 3.05) is 6.54 Å². The Morgan fingerprint density at radius 1 is 1.35 bits per heavy atom. The fourth-order valence-electron chi connectivity index (χ4n) is 1.84. The summed E-state index contributed by atoms with van der Waals surface area (Å²) in [7, 11) is 0. The van der Waals surface area contributed by atoms with Crippen molar-refractivity contribution in [3.8, 4) is 0 Å². The average molecular weight is 245 g/mol. The minimum absolute atomic E-state index is 0. The number of hydrogen-bond acceptors (Lipinski definition) is 2. The zero-order valence-corrected chi connectivity index (χ0v) is 10.9. The Morgan fingerprint density at radius 2 is 2.06 bits per heavy atom. The monoisotopic (exact) mass is 245 g/mol. The van der Waals surface area contributed by atoms with E-state index in [-0.39, 0.29) is 11.0 Å². The van der Waals surface area contributed by atoms with Crippen LogP contribution >= 0.6 is 0 Å². The van der Waals surface area contributed by atoms with E-state index in [0.717, 1.165) is 19.4 Å². The quantitative estimate of drug-likeness (QED) is 0.769. The van der Waals surface area contributed by atoms with Gasteiger partial charge in [0.25, 0.3) is 0 Å². The SMILES string of the molecule is CCCCC(C)n1ccnc1CCCN.O.O. The molecule has 5 nitrogen and oxygen atoms in total. The minimum atomic E-state index is 0. The first kappa shape index (κ1) is 18.5. The largest absolute Gasteiger partial charge is 0.412 e. The number of hydrogen-bond donors (Lipinski definition) is 1. The van der Waals surface area contributed by atoms with Crippen LogP contribution in [-0.2, 0) is 6.42 Å². The molecule has 102 valence electrons. The van der Waals surface area contributed by atoms with E-state index in [0.29, 0.717) is 6.04 Å². The summed E-state index contributed by atoms with van der Waals surface area (Å²) >= 11 is 0. The lowest BCUT2D eigenvalue weighted by atomic mass is 10.1. The van der Waals surface area contributed by atoms with Crippen LogP contribution in [0.3, 0.4) is 0 Å². The van der Waals surface area contributed by atoms with Crippen molar-refractivity contribution < 1.29 is 11.0 Å². The Balaban J connectivity index is 0. The van der Waals surface area contributed by atoms with Crippen LogP contribution in [0.5, 0.6) is 0 Å². The van der Waals surface area contributed by atoms with Gasteiger partial charge in [0.2, 0.25) is 0 Å². The van der Waals surface area contributed by atoms with Crippen molar-refractivity contribution in [1.29, 1.82) is 0 Å². The van der Waals surface area contributed by atoms with Crippen molar-refractivity contribution in [2.24, 2.45) is 5.73 Å². The second-order valence-electron chi connectivity index (χ2n) is 4.13. The predicted octanol–water partition coefficient (Wildman–Crippen LogP) is 0.876. The van der Waals surface area contributed by atoms with Gasteiger partial charge in [-0.15, -0.1) is 0 Å². The molecule has 1 aromatic heterocycles. The third-order valence-electron chi connectivity index (χ3n) is 2.80. The lowest BCUT2D eigenvalue weighted by molar-refractivity contribution is 0.467. The molecular formula is C12H27N3O2. The van der Waals surface area contributed by atoms with E-state index < -0.39 is 0 Å². The summed E-state index contributed by atoms with van der Waals surface area (Å²) in [5.41, 5.74) is 5.51. The molecule has 6 N–H and O–H groups in total. The Morgan fingerprint density at radius 3 is 2.65 bits per heavy atom. The molecule has 0 amide bonds. The van der Waals surface area contributed by atoms with E-state index in [9.17, 15) is 0 Å². The molecule has 0 aliphatic carbocycles. The van der Waals surface area contributed by atoms with Crippen molar-refractivity contribution in [1.82, 2.24) is 9.55 Å². The highest BCUT2D eigenvalue weighted by Crippen LogP contribution is 2.16. The van der Waals surface area contributed by atoms with Crippen LogP contribution in [0.1, 0.15) is 51.4 Å². The number of unbranched alkanes of at least 4 members (excludes halogenated alkanes) is 1. The summed E-state index contributed by atoms with van der Waals surface area (Å²) in [4.78, 5) is 4.39. The molecule has 5 heteroatoms. The van der Waals surface area contributed by atoms with E-state index in [1.807, 2.05) is 6.20 Å². The maximum absolute atomic E-state index is 5.51. The van der Waals surface area contributed by atoms with Crippen LogP contribution in [0.4, 0.5) is 0 Å². The van der Waals surface area contributed by atoms with Gasteiger partial charge in [0.1, 0.15) is 5.82 Å². The molecule has 0 aromatic carbocycles. The molecule has 1 atom stereocenters. The Hall–Kier alpha value is -0.910. The van der Waals surface area contributed by atoms with Gasteiger partial charge in [0, 0.05) is 24.9 Å². The summed E-state index contributed by atoms with van der Waals surface area (Å²) in [6, 6.07) is 0.570. The molecule has 0 spiro atoms. The van der Waals surface area contributed by atoms with E-state index in [1.54, 1.807) is 0 Å². The molecule has 1 heterocycles. The van der Waals surface area contributed by atoms with Crippen LogP contribution < -0.4 is 5.73 Å². The summed E-state index contributed by atoms with van der Waals surface area (Å²) in [6.07, 6.45) is 9.80. The van der Waals surface area contributed by atoms with Crippen molar-refractivity contribution >= 4 is 0 Å². The topological polar surface area (TPSA) is 107 Å². The number of nitrogens with zero attached hydrogens (tertiary/aromatic N) is 2. The first-order valence-electron chi connectivity index (χ1n) is 6.01. The van der Waals surface area contributed by atoms with Gasteiger partial charge in [-0.25, -0.2) is 4.98 Å². The Labute approximate surface area is 104 Å². The standard InChI is InChI=1S/C12H23N3.2H2O/c1-3-4-6-11(2)15-10-9-14-12(15)7-5-8-13;;/h9-11H,3-8,13H2,1-2H3;2*1H2. The van der Waals surface area contributed by atoms with E-state index in [2.05, 4.69) is 29.6 Å². The van der Waals surface area contributed by atoms with Crippen LogP contribution in [0, 0.1) is 0 Å². The Kier molecular flexibility index (Phi) is 11.1. The molecule has 1 aromatic rings. The highest BCUT2D eigenvalue weighted by atomic mass is 16.0. The lowest BCUT2D eigenvalue weighted by Gasteiger charge is -2.15. The van der Waals surface area contributed by atoms with E-state index >= 15 is 0 Å². The fourth-order valence-corrected chi connectivity index (χ4v) is 1.84. The van der Waals surface area contributed by atoms with Crippen LogP contribution in [-0.4, -0.2) is 27.0 Å². The summed E-state index contributed by atoms with van der Waals surface area (Å²) in [6.45, 7) is 5.25. The number of rotatable bonds is 7. The molecule has 0 saturated carbocycles. The molecule has 1 rings (SSSR count). The van der Waals surface area contributed by atoms with Gasteiger partial charge >= 0.3 is 0 Å². The number of aryl methyl sites for hydroxylation is 1. The van der Waals surface area contributed by atoms with Gasteiger partial charge in [-0.1, -0.05) is 19.8 Å². The highest BCUT2D eigenvalue weighted by Gasteiger charge is 2.08. The van der Waals surface area contributed by atoms with Gasteiger partial charge in [-0.05, 0) is 26.3 Å². The molecule has 1 unspecified atom stereocenters. The molecule has 0 aliphatic rings. The molecule has 0 radical (unpaired) electrons. The highest BCUT2D eigenvalue weighted by molar-refractivity contribution is 4.95. The average Bonchev–Trinajstić information content (AvgIpc) is 2.71. The zero-order valence-electron chi connectivity index (χ0n) is 10.9. The van der Waals surface area contributed by atoms with Crippen LogP contribution in [0.25, 0.3) is 0 Å². The van der Waals surface area contributed by atoms with E-state index in [1.165, 1.54) is 25.1 Å². The third kappa shape index (κ3) is 5.81. The molecular weight excluding hydrogens is 218 g/mol. The van der Waals surface area contributed by atoms with Gasteiger partial charge in [0.15, 0.2) is 0 Å². The lowest BCUT2D eigenvalue weighted by Crippen LogP contribution is -2.10. The summed E-state index contributed by atoms with van der Waals surface area (Å²) in [5.74, 6) is 1.18. The van der Waals surface area contributed by atoms with Gasteiger partial charge in [0.05, 0.1) is 0 Å². The molecule has 0 bridgehead atoms. The minimum Gasteiger partial charge on any atom is -0.412 e. The van der Waals surface area contributed by atoms with Crippen LogP contribution in [0.2, 0.25) is 0 Å². The number of nitrogens with two attached hydrogens (primary N) is 1. The van der Waals surface area contributed by atoms with Crippen LogP contribution in [0.15, 0.2) is 12.4 Å². The second kappa shape index (κ2) is 10.3. The van der Waals surface area contributed by atoms with E-state index in [4.69, 9.17) is 5.73 Å². The van der Waals surface area contributed by atoms with Crippen molar-refractivity contribution in [2.45, 2.75) is 52.0 Å². The fraction of sp³-hybridized carbons (Fsp3) is 0.750. The number of imidazole rings is 1. The van der Waals surface area contributed by atoms with Gasteiger partial charge in [-0.3, -0.25) is 0 Å². The molecule has 0 fully saturated rings. The normalized spacial score (nSPS) is 11.5. The second-order valence-corrected chi connectivity index (χ2v) is 4.13. The van der Waals surface area contributed by atoms with Crippen molar-refractivity contribution in [3.05, 3.63) is 18.2 Å². The number of aromatic nitrogens is 2. The maximum Gasteiger partial charge on any atom is 0.108 e.